The molecule has 2 fully saturated rings. The van der Waals surface area contributed by atoms with Crippen LogP contribution >= 0.6 is 0 Å². The molecule has 2 aliphatic heterocycles. The lowest BCUT2D eigenvalue weighted by Crippen LogP contribution is -2.51. The number of para-hydroxylation sites is 1. The number of rotatable bonds is 2. The second-order valence-corrected chi connectivity index (χ2v) is 6.81. The quantitative estimate of drug-likeness (QED) is 0.792. The lowest BCUT2D eigenvalue weighted by molar-refractivity contribution is 0.0339. The molecule has 0 aliphatic carbocycles. The molecule has 2 saturated heterocycles. The highest BCUT2D eigenvalue weighted by Crippen LogP contribution is 2.37. The van der Waals surface area contributed by atoms with Gasteiger partial charge in [0, 0.05) is 35.1 Å². The average Bonchev–Trinajstić information content (AvgIpc) is 2.53. The van der Waals surface area contributed by atoms with Crippen molar-refractivity contribution in [3.63, 3.8) is 0 Å². The molecule has 0 N–H and O–H groups in total. The van der Waals surface area contributed by atoms with Gasteiger partial charge in [-0.15, -0.1) is 0 Å². The third kappa shape index (κ3) is 2.24. The molecule has 22 heavy (non-hydrogen) atoms. The minimum atomic E-state index is 0.178. The van der Waals surface area contributed by atoms with Gasteiger partial charge in [0.25, 0.3) is 0 Å². The van der Waals surface area contributed by atoms with Gasteiger partial charge in [-0.2, -0.15) is 0 Å². The van der Waals surface area contributed by atoms with Crippen LogP contribution in [0.3, 0.4) is 0 Å². The molecule has 2 aliphatic rings. The largest absolute Gasteiger partial charge is 0.300 e. The summed E-state index contributed by atoms with van der Waals surface area (Å²) in [6.45, 7) is 0. The Kier molecular flexibility index (Phi) is 3.45. The molecule has 0 spiro atoms. The summed E-state index contributed by atoms with van der Waals surface area (Å²) in [5.41, 5.74) is 1.78. The van der Waals surface area contributed by atoms with Crippen molar-refractivity contribution >= 4 is 16.7 Å². The smallest absolute Gasteiger partial charge is 0.166 e. The number of benzene rings is 1. The Labute approximate surface area is 131 Å². The van der Waals surface area contributed by atoms with Gasteiger partial charge >= 0.3 is 0 Å². The second kappa shape index (κ2) is 5.47. The summed E-state index contributed by atoms with van der Waals surface area (Å²) in [5, 5.41) is 0.999. The molecule has 2 bridgehead atoms. The average molecular weight is 294 g/mol. The predicted octanol–water partition coefficient (Wildman–Crippen LogP) is 3.68. The Morgan fingerprint density at radius 3 is 2.64 bits per heavy atom. The lowest BCUT2D eigenvalue weighted by atomic mass is 9.76. The highest BCUT2D eigenvalue weighted by atomic mass is 16.1. The van der Waals surface area contributed by atoms with Gasteiger partial charge in [0.2, 0.25) is 0 Å². The maximum atomic E-state index is 13.1. The van der Waals surface area contributed by atoms with Crippen molar-refractivity contribution in [2.45, 2.75) is 44.2 Å². The summed E-state index contributed by atoms with van der Waals surface area (Å²) in [5.74, 6) is 0.501. The lowest BCUT2D eigenvalue weighted by Gasteiger charge is -2.46. The summed E-state index contributed by atoms with van der Waals surface area (Å²) in [6, 6.07) is 11.1. The first-order valence-corrected chi connectivity index (χ1v) is 8.34. The van der Waals surface area contributed by atoms with Crippen LogP contribution in [-0.2, 0) is 0 Å². The van der Waals surface area contributed by atoms with Gasteiger partial charge in [0.1, 0.15) is 0 Å². The molecular weight excluding hydrogens is 272 g/mol. The zero-order valence-electron chi connectivity index (χ0n) is 13.0. The van der Waals surface area contributed by atoms with Crippen molar-refractivity contribution in [1.82, 2.24) is 9.88 Å². The highest BCUT2D eigenvalue weighted by Gasteiger charge is 2.39. The van der Waals surface area contributed by atoms with Crippen molar-refractivity contribution in [3.05, 3.63) is 42.1 Å². The molecule has 114 valence electrons. The van der Waals surface area contributed by atoms with E-state index in [1.807, 2.05) is 30.3 Å². The number of hydrogen-bond acceptors (Lipinski definition) is 3. The third-order valence-corrected chi connectivity index (χ3v) is 5.63. The molecule has 0 radical (unpaired) electrons. The minimum Gasteiger partial charge on any atom is -0.300 e. The van der Waals surface area contributed by atoms with Crippen LogP contribution in [0.15, 0.2) is 36.5 Å². The number of pyridine rings is 1. The van der Waals surface area contributed by atoms with Crippen molar-refractivity contribution in [2.75, 3.05) is 7.05 Å². The van der Waals surface area contributed by atoms with Crippen molar-refractivity contribution in [1.29, 1.82) is 0 Å². The summed E-state index contributed by atoms with van der Waals surface area (Å²) in [7, 11) is 2.23. The normalized spacial score (nSPS) is 28.7. The Balaban J connectivity index is 1.66. The highest BCUT2D eigenvalue weighted by molar-refractivity contribution is 6.08. The number of nitrogens with zero attached hydrogens (tertiary/aromatic N) is 2. The van der Waals surface area contributed by atoms with Gasteiger partial charge in [-0.3, -0.25) is 9.78 Å². The first kappa shape index (κ1) is 13.9. The van der Waals surface area contributed by atoms with E-state index in [-0.39, 0.29) is 5.92 Å². The number of fused-ring (bicyclic) bond motifs is 3. The van der Waals surface area contributed by atoms with E-state index in [4.69, 9.17) is 0 Å². The van der Waals surface area contributed by atoms with E-state index in [2.05, 4.69) is 16.9 Å². The van der Waals surface area contributed by atoms with Crippen LogP contribution in [0, 0.1) is 5.92 Å². The molecule has 3 heterocycles. The van der Waals surface area contributed by atoms with Crippen LogP contribution in [0.25, 0.3) is 10.9 Å². The van der Waals surface area contributed by atoms with E-state index >= 15 is 0 Å². The van der Waals surface area contributed by atoms with E-state index < -0.39 is 0 Å². The molecule has 1 aromatic heterocycles. The summed E-state index contributed by atoms with van der Waals surface area (Å²) >= 11 is 0. The number of piperidine rings is 2. The zero-order chi connectivity index (χ0) is 15.1. The molecule has 0 amide bonds. The number of aromatic nitrogens is 1. The van der Waals surface area contributed by atoms with Crippen LogP contribution in [0.2, 0.25) is 0 Å². The van der Waals surface area contributed by atoms with Crippen molar-refractivity contribution in [2.24, 2.45) is 5.92 Å². The fourth-order valence-electron chi connectivity index (χ4n) is 4.36. The Morgan fingerprint density at radius 1 is 1.14 bits per heavy atom. The summed E-state index contributed by atoms with van der Waals surface area (Å²) in [6.07, 6.45) is 7.61. The predicted molar refractivity (Wildman–Crippen MR) is 88.0 cm³/mol. The van der Waals surface area contributed by atoms with E-state index in [0.29, 0.717) is 17.9 Å². The van der Waals surface area contributed by atoms with Crippen molar-refractivity contribution < 1.29 is 4.79 Å². The molecule has 2 unspecified atom stereocenters. The fraction of sp³-hybridized carbons (Fsp3) is 0.474. The summed E-state index contributed by atoms with van der Waals surface area (Å²) < 4.78 is 0. The second-order valence-electron chi connectivity index (χ2n) is 6.81. The van der Waals surface area contributed by atoms with Crippen molar-refractivity contribution in [3.8, 4) is 0 Å². The molecule has 3 heteroatoms. The Morgan fingerprint density at radius 2 is 1.86 bits per heavy atom. The third-order valence-electron chi connectivity index (χ3n) is 5.63. The van der Waals surface area contributed by atoms with E-state index in [1.165, 1.54) is 19.3 Å². The number of carbonyl (C=O) groups excluding carboxylic acids is 1. The Bertz CT molecular complexity index is 692. The SMILES string of the molecule is CN1C2CCCC1CC(C(=O)c1ccnc3ccccc13)C2. The number of carbonyl (C=O) groups is 1. The minimum absolute atomic E-state index is 0.178. The molecule has 2 aromatic rings. The molecule has 2 atom stereocenters. The summed E-state index contributed by atoms with van der Waals surface area (Å²) in [4.78, 5) is 20.0. The van der Waals surface area contributed by atoms with Gasteiger partial charge in [0.05, 0.1) is 5.52 Å². The molecule has 1 aromatic carbocycles. The van der Waals surface area contributed by atoms with Gasteiger partial charge in [-0.1, -0.05) is 24.6 Å². The first-order chi connectivity index (χ1) is 10.7. The fourth-order valence-corrected chi connectivity index (χ4v) is 4.36. The standard InChI is InChI=1S/C19H22N2O/c1-21-14-5-4-6-15(21)12-13(11-14)19(22)17-9-10-20-18-8-3-2-7-16(17)18/h2-3,7-10,13-15H,4-6,11-12H2,1H3. The van der Waals surface area contributed by atoms with Crippen LogP contribution in [0.5, 0.6) is 0 Å². The zero-order valence-corrected chi connectivity index (χ0v) is 13.0. The monoisotopic (exact) mass is 294 g/mol. The molecule has 3 nitrogen and oxygen atoms in total. The number of ketones is 1. The topological polar surface area (TPSA) is 33.2 Å². The van der Waals surface area contributed by atoms with Gasteiger partial charge < -0.3 is 4.90 Å². The van der Waals surface area contributed by atoms with Crippen LogP contribution in [0.1, 0.15) is 42.5 Å². The first-order valence-electron chi connectivity index (χ1n) is 8.34. The number of Topliss-reactive ketones (excluding diaryl/α,β-unsaturated/α-hetero) is 1. The van der Waals surface area contributed by atoms with Gasteiger partial charge in [0.15, 0.2) is 5.78 Å². The van der Waals surface area contributed by atoms with Crippen LogP contribution < -0.4 is 0 Å². The maximum Gasteiger partial charge on any atom is 0.166 e. The van der Waals surface area contributed by atoms with Crippen LogP contribution in [0.4, 0.5) is 0 Å². The van der Waals surface area contributed by atoms with E-state index in [1.54, 1.807) is 6.20 Å². The van der Waals surface area contributed by atoms with Gasteiger partial charge in [-0.05, 0) is 44.9 Å². The molecular formula is C19H22N2O. The van der Waals surface area contributed by atoms with E-state index in [9.17, 15) is 4.79 Å². The van der Waals surface area contributed by atoms with E-state index in [0.717, 1.165) is 29.3 Å². The maximum absolute atomic E-state index is 13.1. The number of hydrogen-bond donors (Lipinski definition) is 0. The van der Waals surface area contributed by atoms with Gasteiger partial charge in [-0.25, -0.2) is 0 Å². The van der Waals surface area contributed by atoms with Crippen LogP contribution in [-0.4, -0.2) is 34.8 Å². The molecule has 4 rings (SSSR count). The Hall–Kier alpha value is -1.74. The molecule has 0 saturated carbocycles.